The molecule has 9 heteroatoms. The molecule has 0 bridgehead atoms. The van der Waals surface area contributed by atoms with Crippen LogP contribution in [0.3, 0.4) is 0 Å². The van der Waals surface area contributed by atoms with Gasteiger partial charge in [0.1, 0.15) is 28.4 Å². The summed E-state index contributed by atoms with van der Waals surface area (Å²) in [6.45, 7) is 2.82. The molecule has 5 nitrogen and oxygen atoms in total. The van der Waals surface area contributed by atoms with E-state index in [1.807, 2.05) is 29.2 Å². The van der Waals surface area contributed by atoms with Crippen LogP contribution in [0.15, 0.2) is 84.9 Å². The number of nitrogens with one attached hydrogen (secondary N) is 1. The first kappa shape index (κ1) is 31.0. The van der Waals surface area contributed by atoms with Crippen molar-refractivity contribution in [2.75, 3.05) is 20.1 Å². The molecule has 3 heterocycles. The third-order valence-electron chi connectivity index (χ3n) is 8.64. The summed E-state index contributed by atoms with van der Waals surface area (Å²) in [7, 11) is 2.19. The Morgan fingerprint density at radius 3 is 2.40 bits per heavy atom. The predicted octanol–water partition coefficient (Wildman–Crippen LogP) is 8.01. The lowest BCUT2D eigenvalue weighted by molar-refractivity contribution is 0.255. The fourth-order valence-electron chi connectivity index (χ4n) is 6.31. The highest BCUT2D eigenvalue weighted by atomic mass is 35.5. The maximum absolute atomic E-state index is 14.5. The number of aromatic hydroxyl groups is 1. The summed E-state index contributed by atoms with van der Waals surface area (Å²) in [5.74, 6) is 0.802. The molecule has 7 rings (SSSR count). The molecule has 5 aromatic rings. The van der Waals surface area contributed by atoms with E-state index in [1.54, 1.807) is 0 Å². The quantitative estimate of drug-likeness (QED) is 0.192. The van der Waals surface area contributed by atoms with E-state index in [-0.39, 0.29) is 30.6 Å². The van der Waals surface area contributed by atoms with Crippen molar-refractivity contribution in [3.8, 4) is 16.9 Å². The van der Waals surface area contributed by atoms with Crippen LogP contribution in [0.5, 0.6) is 5.75 Å². The summed E-state index contributed by atoms with van der Waals surface area (Å²) in [5, 5.41) is 10.8. The molecule has 4 aromatic carbocycles. The van der Waals surface area contributed by atoms with Crippen LogP contribution < -0.4 is 0 Å². The molecule has 1 fully saturated rings. The molecule has 222 valence electrons. The summed E-state index contributed by atoms with van der Waals surface area (Å²) < 4.78 is 14.5. The zero-order chi connectivity index (χ0) is 28.1. The van der Waals surface area contributed by atoms with Gasteiger partial charge in [0.25, 0.3) is 0 Å². The first-order chi connectivity index (χ1) is 19.9. The van der Waals surface area contributed by atoms with E-state index in [0.717, 1.165) is 46.4 Å². The lowest BCUT2D eigenvalue weighted by Crippen LogP contribution is -2.30. The van der Waals surface area contributed by atoms with Crippen LogP contribution >= 0.6 is 37.0 Å². The van der Waals surface area contributed by atoms with Gasteiger partial charge in [0.2, 0.25) is 0 Å². The van der Waals surface area contributed by atoms with Crippen molar-refractivity contribution in [1.82, 2.24) is 19.8 Å². The van der Waals surface area contributed by atoms with Crippen molar-refractivity contribution < 1.29 is 9.50 Å². The van der Waals surface area contributed by atoms with E-state index in [1.165, 1.54) is 36.6 Å². The number of imidazole rings is 1. The molecule has 2 N–H and O–H groups in total. The zero-order valence-electron chi connectivity index (χ0n) is 23.7. The van der Waals surface area contributed by atoms with Crippen molar-refractivity contribution in [1.29, 1.82) is 0 Å². The summed E-state index contributed by atoms with van der Waals surface area (Å²) >= 11 is 6.06. The van der Waals surface area contributed by atoms with Gasteiger partial charge in [-0.15, -0.1) is 24.8 Å². The van der Waals surface area contributed by atoms with Crippen LogP contribution in [0.4, 0.5) is 4.39 Å². The fraction of sp³-hybridized carbons (Fsp3) is 0.235. The lowest BCUT2D eigenvalue weighted by Gasteiger charge is -2.29. The van der Waals surface area contributed by atoms with Gasteiger partial charge < -0.3 is 19.9 Å². The van der Waals surface area contributed by atoms with Crippen molar-refractivity contribution >= 4 is 53.1 Å². The smallest absolute Gasteiger partial charge is 0.134 e. The van der Waals surface area contributed by atoms with Gasteiger partial charge in [-0.1, -0.05) is 60.7 Å². The largest absolute Gasteiger partial charge is 0.508 e. The molecule has 2 aliphatic rings. The number of hydrogen-bond donors (Lipinski definition) is 2. The second-order valence-corrected chi connectivity index (χ2v) is 11.6. The van der Waals surface area contributed by atoms with Gasteiger partial charge in [0.05, 0.1) is 11.0 Å². The van der Waals surface area contributed by atoms with Gasteiger partial charge in [-0.05, 0) is 97.5 Å². The monoisotopic (exact) mass is 634 g/mol. The number of benzene rings is 4. The molecular formula is C34H33Cl2FN4OS. The summed E-state index contributed by atoms with van der Waals surface area (Å²) in [6, 6.07) is 26.6. The van der Waals surface area contributed by atoms with Gasteiger partial charge in [0.15, 0.2) is 0 Å². The Labute approximate surface area is 268 Å². The highest BCUT2D eigenvalue weighted by Crippen LogP contribution is 2.40. The van der Waals surface area contributed by atoms with E-state index in [0.29, 0.717) is 28.8 Å². The number of aromatic nitrogens is 2. The van der Waals surface area contributed by atoms with E-state index < -0.39 is 11.9 Å². The molecule has 43 heavy (non-hydrogen) atoms. The average molecular weight is 636 g/mol. The van der Waals surface area contributed by atoms with Gasteiger partial charge in [0, 0.05) is 17.7 Å². The van der Waals surface area contributed by atoms with Crippen molar-refractivity contribution in [2.24, 2.45) is 0 Å². The highest BCUT2D eigenvalue weighted by Gasteiger charge is 2.35. The van der Waals surface area contributed by atoms with E-state index >= 15 is 0 Å². The number of aromatic amines is 1. The summed E-state index contributed by atoms with van der Waals surface area (Å²) in [4.78, 5) is 13.3. The fourth-order valence-corrected chi connectivity index (χ4v) is 6.67. The van der Waals surface area contributed by atoms with Crippen LogP contribution in [0.1, 0.15) is 52.9 Å². The minimum atomic E-state index is -0.588. The van der Waals surface area contributed by atoms with Gasteiger partial charge in [-0.2, -0.15) is 0 Å². The molecule has 0 spiro atoms. The van der Waals surface area contributed by atoms with Crippen LogP contribution in [0.2, 0.25) is 0 Å². The number of H-pyrrole nitrogens is 1. The normalized spacial score (nSPS) is 16.0. The van der Waals surface area contributed by atoms with Crippen molar-refractivity contribution in [3.63, 3.8) is 0 Å². The number of thiocarbonyl (C=S) groups is 1. The van der Waals surface area contributed by atoms with E-state index in [4.69, 9.17) is 17.2 Å². The third kappa shape index (κ3) is 5.87. The zero-order valence-corrected chi connectivity index (χ0v) is 26.1. The molecule has 0 amide bonds. The Hall–Kier alpha value is -3.49. The molecular weight excluding hydrogens is 602 g/mol. The molecule has 1 aromatic heterocycles. The molecule has 0 radical (unpaired) electrons. The Morgan fingerprint density at radius 2 is 1.65 bits per heavy atom. The minimum Gasteiger partial charge on any atom is -0.508 e. The number of piperidine rings is 1. The maximum atomic E-state index is 14.5. The number of phenolic OH excluding ortho intramolecular Hbond substituents is 1. The van der Waals surface area contributed by atoms with Gasteiger partial charge in [-0.3, -0.25) is 0 Å². The molecule has 0 aliphatic carbocycles. The Bertz CT molecular complexity index is 1740. The maximum Gasteiger partial charge on any atom is 0.134 e. The summed E-state index contributed by atoms with van der Waals surface area (Å²) in [5.41, 5.74) is 7.85. The number of hydrogen-bond acceptors (Lipinski definition) is 4. The number of phenols is 1. The number of halogens is 3. The van der Waals surface area contributed by atoms with Gasteiger partial charge >= 0.3 is 0 Å². The molecule has 1 unspecified atom stereocenters. The molecule has 2 aliphatic heterocycles. The SMILES string of the molecule is CN1CCC(c2ccc(-c3ccc4c(c3)C(=S)N(C(c3nc5ccccc5[nH]3)c3cc(F)ccc3O)C4)cc2)CC1.Cl.Cl. The predicted molar refractivity (Wildman–Crippen MR) is 179 cm³/mol. The molecule has 1 atom stereocenters. The number of likely N-dealkylation sites (tertiary alicyclic amines) is 1. The number of nitrogens with zero attached hydrogens (tertiary/aromatic N) is 3. The average Bonchev–Trinajstić information content (AvgIpc) is 3.56. The standard InChI is InChI=1S/C34H31FN4OS.2ClH/c1-38-16-14-23(15-17-38)21-6-8-22(9-7-21)24-10-11-25-20-39(34(41)27(25)18-24)32(28-19-26(35)12-13-31(28)40)33-36-29-4-2-3-5-30(29)37-33;;/h2-13,18-19,23,32,40H,14-17,20H2,1H3,(H,36,37);2*1H. The van der Waals surface area contributed by atoms with Crippen LogP contribution in [-0.4, -0.2) is 50.0 Å². The summed E-state index contributed by atoms with van der Waals surface area (Å²) in [6.07, 6.45) is 2.40. The second kappa shape index (κ2) is 12.6. The number of rotatable bonds is 5. The second-order valence-electron chi connectivity index (χ2n) is 11.2. The Morgan fingerprint density at radius 1 is 0.930 bits per heavy atom. The first-order valence-electron chi connectivity index (χ1n) is 14.1. The Kier molecular flexibility index (Phi) is 9.09. The first-order valence-corrected chi connectivity index (χ1v) is 14.5. The highest BCUT2D eigenvalue weighted by molar-refractivity contribution is 7.80. The van der Waals surface area contributed by atoms with Crippen LogP contribution in [-0.2, 0) is 6.54 Å². The van der Waals surface area contributed by atoms with Gasteiger partial charge in [-0.25, -0.2) is 9.37 Å². The number of fused-ring (bicyclic) bond motifs is 2. The number of para-hydroxylation sites is 2. The van der Waals surface area contributed by atoms with Crippen molar-refractivity contribution in [2.45, 2.75) is 31.3 Å². The van der Waals surface area contributed by atoms with Crippen LogP contribution in [0.25, 0.3) is 22.2 Å². The third-order valence-corrected chi connectivity index (χ3v) is 9.09. The lowest BCUT2D eigenvalue weighted by atomic mass is 9.88. The van der Waals surface area contributed by atoms with Crippen molar-refractivity contribution in [3.05, 3.63) is 119 Å². The minimum absolute atomic E-state index is 0. The molecule has 0 saturated carbocycles. The van der Waals surface area contributed by atoms with Crippen LogP contribution in [0, 0.1) is 5.82 Å². The van der Waals surface area contributed by atoms with E-state index in [2.05, 4.69) is 59.4 Å². The molecule has 1 saturated heterocycles. The van der Waals surface area contributed by atoms with E-state index in [9.17, 15) is 9.50 Å². The Balaban J connectivity index is 0.00000184. The topological polar surface area (TPSA) is 55.4 Å².